The van der Waals surface area contributed by atoms with E-state index in [1.54, 1.807) is 19.2 Å². The Kier molecular flexibility index (Phi) is 4.14. The van der Waals surface area contributed by atoms with Crippen molar-refractivity contribution in [1.29, 1.82) is 0 Å². The molecule has 8 heteroatoms. The van der Waals surface area contributed by atoms with Crippen LogP contribution in [0.1, 0.15) is 36.8 Å². The fourth-order valence-corrected chi connectivity index (χ4v) is 4.17. The molecular weight excluding hydrogens is 339 g/mol. The first-order valence-electron chi connectivity index (χ1n) is 8.87. The van der Waals surface area contributed by atoms with Gasteiger partial charge in [0.25, 0.3) is 0 Å². The Morgan fingerprint density at radius 1 is 1.19 bits per heavy atom. The van der Waals surface area contributed by atoms with Gasteiger partial charge in [-0.2, -0.15) is 0 Å². The molecule has 3 heterocycles. The molecule has 2 fully saturated rings. The highest BCUT2D eigenvalue weighted by molar-refractivity contribution is 6.00. The van der Waals surface area contributed by atoms with Gasteiger partial charge in [0.1, 0.15) is 12.2 Å². The van der Waals surface area contributed by atoms with Gasteiger partial charge in [-0.1, -0.05) is 12.1 Å². The lowest BCUT2D eigenvalue weighted by Gasteiger charge is -2.27. The number of halogens is 1. The molecule has 0 aliphatic carbocycles. The number of fused-ring (bicyclic) bond motifs is 1. The van der Waals surface area contributed by atoms with Crippen molar-refractivity contribution in [2.45, 2.75) is 37.4 Å². The van der Waals surface area contributed by atoms with Crippen LogP contribution in [0.4, 0.5) is 4.39 Å². The number of aromatic nitrogens is 2. The Hall–Kier alpha value is -2.48. The largest absolute Gasteiger partial charge is 0.329 e. The van der Waals surface area contributed by atoms with Crippen LogP contribution in [0, 0.1) is 0 Å². The van der Waals surface area contributed by atoms with Crippen LogP contribution >= 0.6 is 0 Å². The number of benzene rings is 1. The van der Waals surface area contributed by atoms with Crippen molar-refractivity contribution in [3.05, 3.63) is 34.2 Å². The van der Waals surface area contributed by atoms with E-state index in [1.165, 1.54) is 9.13 Å². The van der Waals surface area contributed by atoms with Crippen molar-refractivity contribution < 1.29 is 14.0 Å². The summed E-state index contributed by atoms with van der Waals surface area (Å²) in [5.74, 6) is -1.08. The molecule has 2 N–H and O–H groups in total. The summed E-state index contributed by atoms with van der Waals surface area (Å²) in [6.07, 6.45) is 0.105. The minimum Gasteiger partial charge on any atom is -0.314 e. The van der Waals surface area contributed by atoms with E-state index in [0.717, 1.165) is 12.1 Å². The van der Waals surface area contributed by atoms with Crippen molar-refractivity contribution in [2.24, 2.45) is 7.05 Å². The molecule has 138 valence electrons. The molecule has 1 aromatic carbocycles. The molecule has 26 heavy (non-hydrogen) atoms. The highest BCUT2D eigenvalue weighted by Gasteiger charge is 2.33. The Balaban J connectivity index is 1.88. The molecular formula is C18H21FN4O3. The molecule has 0 spiro atoms. The monoisotopic (exact) mass is 360 g/mol. The number of nitrogens with zero attached hydrogens (tertiary/aromatic N) is 2. The normalized spacial score (nSPS) is 26.9. The van der Waals surface area contributed by atoms with Gasteiger partial charge in [0.2, 0.25) is 11.8 Å². The standard InChI is InChI=1S/C18H21FN4O3/c1-22-16-11(10-7-8-20-9-12(10)19)3-2-4-13(16)23(18(22)26)14-5-6-15(24)21-17(14)25/h2-4,10,12,14,20H,5-9H2,1H3,(H,21,24,25)/t10-,12+,14?/m0/s1. The van der Waals surface area contributed by atoms with Gasteiger partial charge in [-0.3, -0.25) is 24.0 Å². The molecule has 1 aromatic heterocycles. The van der Waals surface area contributed by atoms with Crippen LogP contribution in [0.25, 0.3) is 11.0 Å². The van der Waals surface area contributed by atoms with Crippen molar-refractivity contribution in [3.8, 4) is 0 Å². The quantitative estimate of drug-likeness (QED) is 0.774. The lowest BCUT2D eigenvalue weighted by Crippen LogP contribution is -2.44. The molecule has 7 nitrogen and oxygen atoms in total. The molecule has 3 atom stereocenters. The SMILES string of the molecule is Cn1c(=O)n(C2CCC(=O)NC2=O)c2cccc([C@@H]3CCNC[C@H]3F)c21. The first-order chi connectivity index (χ1) is 12.5. The smallest absolute Gasteiger partial charge is 0.314 e. The van der Waals surface area contributed by atoms with E-state index in [2.05, 4.69) is 10.6 Å². The number of para-hydroxylation sites is 1. The first kappa shape index (κ1) is 17.0. The van der Waals surface area contributed by atoms with Crippen LogP contribution in [0.2, 0.25) is 0 Å². The highest BCUT2D eigenvalue weighted by Crippen LogP contribution is 2.34. The van der Waals surface area contributed by atoms with Gasteiger partial charge in [-0.25, -0.2) is 9.18 Å². The highest BCUT2D eigenvalue weighted by atomic mass is 19.1. The second kappa shape index (κ2) is 6.35. The van der Waals surface area contributed by atoms with Gasteiger partial charge < -0.3 is 5.32 Å². The van der Waals surface area contributed by atoms with Gasteiger partial charge in [0, 0.05) is 25.9 Å². The van der Waals surface area contributed by atoms with Gasteiger partial charge in [0.15, 0.2) is 0 Å². The van der Waals surface area contributed by atoms with Crippen LogP contribution in [-0.4, -0.2) is 40.2 Å². The third-order valence-corrected chi connectivity index (χ3v) is 5.46. The average molecular weight is 360 g/mol. The van der Waals surface area contributed by atoms with Crippen molar-refractivity contribution in [3.63, 3.8) is 0 Å². The fourth-order valence-electron chi connectivity index (χ4n) is 4.17. The summed E-state index contributed by atoms with van der Waals surface area (Å²) in [6, 6.07) is 4.71. The number of nitrogens with one attached hydrogen (secondary N) is 2. The Labute approximate surface area is 149 Å². The average Bonchev–Trinajstić information content (AvgIpc) is 2.87. The second-order valence-electron chi connectivity index (χ2n) is 7.01. The summed E-state index contributed by atoms with van der Waals surface area (Å²) < 4.78 is 17.4. The summed E-state index contributed by atoms with van der Waals surface area (Å²) >= 11 is 0. The van der Waals surface area contributed by atoms with Gasteiger partial charge in [-0.05, 0) is 31.0 Å². The number of hydrogen-bond donors (Lipinski definition) is 2. The third kappa shape index (κ3) is 2.56. The predicted molar refractivity (Wildman–Crippen MR) is 93.7 cm³/mol. The molecule has 2 saturated heterocycles. The van der Waals surface area contributed by atoms with Crippen LogP contribution in [0.3, 0.4) is 0 Å². The lowest BCUT2D eigenvalue weighted by atomic mass is 9.88. The molecule has 2 aliphatic rings. The molecule has 2 aromatic rings. The molecule has 0 saturated carbocycles. The summed E-state index contributed by atoms with van der Waals surface area (Å²) in [6.45, 7) is 1.02. The number of amides is 2. The molecule has 2 aliphatic heterocycles. The molecule has 4 rings (SSSR count). The van der Waals surface area contributed by atoms with Crippen LogP contribution in [0.5, 0.6) is 0 Å². The zero-order chi connectivity index (χ0) is 18.4. The summed E-state index contributed by atoms with van der Waals surface area (Å²) in [4.78, 5) is 36.6. The maximum absolute atomic E-state index is 14.5. The topological polar surface area (TPSA) is 85.1 Å². The predicted octanol–water partition coefficient (Wildman–Crippen LogP) is 0.733. The van der Waals surface area contributed by atoms with E-state index >= 15 is 0 Å². The molecule has 2 amide bonds. The van der Waals surface area contributed by atoms with E-state index in [-0.39, 0.29) is 30.4 Å². The van der Waals surface area contributed by atoms with Gasteiger partial charge in [0.05, 0.1) is 11.0 Å². The summed E-state index contributed by atoms with van der Waals surface area (Å²) in [5, 5.41) is 5.34. The zero-order valence-corrected chi connectivity index (χ0v) is 14.5. The van der Waals surface area contributed by atoms with Crippen LogP contribution in [0.15, 0.2) is 23.0 Å². The minimum atomic E-state index is -1.02. The fraction of sp³-hybridized carbons (Fsp3) is 0.500. The number of carbonyl (C=O) groups excluding carboxylic acids is 2. The van der Waals surface area contributed by atoms with Gasteiger partial charge in [-0.15, -0.1) is 0 Å². The van der Waals surface area contributed by atoms with Crippen molar-refractivity contribution >= 4 is 22.8 Å². The molecule has 0 radical (unpaired) electrons. The van der Waals surface area contributed by atoms with Gasteiger partial charge >= 0.3 is 5.69 Å². The van der Waals surface area contributed by atoms with E-state index in [4.69, 9.17) is 0 Å². The molecule has 1 unspecified atom stereocenters. The number of aryl methyl sites for hydroxylation is 1. The maximum Gasteiger partial charge on any atom is 0.329 e. The van der Waals surface area contributed by atoms with E-state index in [9.17, 15) is 18.8 Å². The van der Waals surface area contributed by atoms with E-state index < -0.39 is 18.1 Å². The maximum atomic E-state index is 14.5. The second-order valence-corrected chi connectivity index (χ2v) is 7.01. The lowest BCUT2D eigenvalue weighted by molar-refractivity contribution is -0.135. The van der Waals surface area contributed by atoms with Crippen molar-refractivity contribution in [2.75, 3.05) is 13.1 Å². The Morgan fingerprint density at radius 3 is 2.73 bits per heavy atom. The zero-order valence-electron chi connectivity index (χ0n) is 14.5. The number of imidazole rings is 1. The number of imide groups is 1. The van der Waals surface area contributed by atoms with Crippen molar-refractivity contribution in [1.82, 2.24) is 19.8 Å². The van der Waals surface area contributed by atoms with Crippen LogP contribution < -0.4 is 16.3 Å². The molecule has 0 bridgehead atoms. The van der Waals surface area contributed by atoms with E-state index in [0.29, 0.717) is 24.0 Å². The summed E-state index contributed by atoms with van der Waals surface area (Å²) in [7, 11) is 1.64. The minimum absolute atomic E-state index is 0.194. The summed E-state index contributed by atoms with van der Waals surface area (Å²) in [5.41, 5.74) is 1.74. The van der Waals surface area contributed by atoms with E-state index in [1.807, 2.05) is 6.07 Å². The Morgan fingerprint density at radius 2 is 2.00 bits per heavy atom. The number of alkyl halides is 1. The number of carbonyl (C=O) groups is 2. The number of piperidine rings is 2. The first-order valence-corrected chi connectivity index (χ1v) is 8.87. The third-order valence-electron chi connectivity index (χ3n) is 5.46. The number of rotatable bonds is 2. The number of hydrogen-bond acceptors (Lipinski definition) is 4. The van der Waals surface area contributed by atoms with Crippen LogP contribution in [-0.2, 0) is 16.6 Å². The Bertz CT molecular complexity index is 948.